The zero-order chi connectivity index (χ0) is 28.7. The van der Waals surface area contributed by atoms with E-state index in [4.69, 9.17) is 4.74 Å². The second-order valence-electron chi connectivity index (χ2n) is 11.5. The van der Waals surface area contributed by atoms with Crippen LogP contribution in [0.5, 0.6) is 0 Å². The number of thioether (sulfide) groups is 1. The number of carbonyl (C=O) groups is 3. The molecule has 3 rings (SSSR count). The highest BCUT2D eigenvalue weighted by Crippen LogP contribution is 2.41. The Morgan fingerprint density at radius 1 is 1.08 bits per heavy atom. The van der Waals surface area contributed by atoms with Gasteiger partial charge in [0.05, 0.1) is 0 Å². The minimum atomic E-state index is -0.826. The van der Waals surface area contributed by atoms with Crippen molar-refractivity contribution in [1.82, 2.24) is 15.5 Å². The van der Waals surface area contributed by atoms with Crippen molar-refractivity contribution in [2.75, 3.05) is 12.0 Å². The lowest BCUT2D eigenvalue weighted by molar-refractivity contribution is -0.143. The fourth-order valence-corrected chi connectivity index (χ4v) is 5.02. The number of carbonyl (C=O) groups excluding carboxylic acids is 3. The molecule has 0 heterocycles. The fourth-order valence-electron chi connectivity index (χ4n) is 4.55. The SMILES string of the molecule is CSCCC(NC(=O)OC(C)(C)C)C(=O)N(C(C(=O)NCc1ccccc1)c1ccc(C)c(C)c1)C1CC1C. The molecule has 0 aromatic heterocycles. The number of hydrogen-bond acceptors (Lipinski definition) is 5. The van der Waals surface area contributed by atoms with Gasteiger partial charge in [0.25, 0.3) is 0 Å². The zero-order valence-electron chi connectivity index (χ0n) is 24.2. The molecule has 39 heavy (non-hydrogen) atoms. The third-order valence-corrected chi connectivity index (χ3v) is 7.61. The first-order valence-electron chi connectivity index (χ1n) is 13.6. The van der Waals surface area contributed by atoms with Crippen LogP contribution >= 0.6 is 11.8 Å². The van der Waals surface area contributed by atoms with Gasteiger partial charge in [0.1, 0.15) is 17.7 Å². The van der Waals surface area contributed by atoms with Crippen LogP contribution in [0.4, 0.5) is 4.79 Å². The van der Waals surface area contributed by atoms with Gasteiger partial charge in [-0.15, -0.1) is 0 Å². The van der Waals surface area contributed by atoms with Crippen molar-refractivity contribution in [2.24, 2.45) is 5.92 Å². The van der Waals surface area contributed by atoms with Crippen molar-refractivity contribution in [1.29, 1.82) is 0 Å². The number of rotatable bonds is 11. The molecule has 1 saturated carbocycles. The molecular weight excluding hydrogens is 510 g/mol. The van der Waals surface area contributed by atoms with Crippen LogP contribution in [0.25, 0.3) is 0 Å². The Labute approximate surface area is 237 Å². The number of aryl methyl sites for hydroxylation is 2. The summed E-state index contributed by atoms with van der Waals surface area (Å²) < 4.78 is 5.48. The Bertz CT molecular complexity index is 1150. The average molecular weight is 554 g/mol. The molecule has 0 bridgehead atoms. The highest BCUT2D eigenvalue weighted by atomic mass is 32.2. The van der Waals surface area contributed by atoms with Gasteiger partial charge in [0.2, 0.25) is 11.8 Å². The normalized spacial score (nSPS) is 18.0. The third kappa shape index (κ3) is 8.75. The summed E-state index contributed by atoms with van der Waals surface area (Å²) in [5.41, 5.74) is 3.21. The van der Waals surface area contributed by atoms with Gasteiger partial charge < -0.3 is 20.3 Å². The van der Waals surface area contributed by atoms with Gasteiger partial charge >= 0.3 is 6.09 Å². The Balaban J connectivity index is 1.98. The predicted molar refractivity (Wildman–Crippen MR) is 158 cm³/mol. The van der Waals surface area contributed by atoms with Crippen LogP contribution in [0.3, 0.4) is 0 Å². The molecule has 3 amide bonds. The molecule has 212 valence electrons. The van der Waals surface area contributed by atoms with Gasteiger partial charge in [-0.25, -0.2) is 4.79 Å². The van der Waals surface area contributed by atoms with Gasteiger partial charge in [-0.3, -0.25) is 9.59 Å². The second-order valence-corrected chi connectivity index (χ2v) is 12.4. The van der Waals surface area contributed by atoms with Crippen LogP contribution in [-0.4, -0.2) is 52.5 Å². The molecule has 4 unspecified atom stereocenters. The number of nitrogens with one attached hydrogen (secondary N) is 2. The summed E-state index contributed by atoms with van der Waals surface area (Å²) in [6, 6.07) is 13.9. The minimum Gasteiger partial charge on any atom is -0.444 e. The van der Waals surface area contributed by atoms with E-state index in [0.717, 1.165) is 28.7 Å². The molecule has 2 N–H and O–H groups in total. The molecule has 0 radical (unpaired) electrons. The molecular formula is C31H43N3O4S. The summed E-state index contributed by atoms with van der Waals surface area (Å²) in [7, 11) is 0. The molecule has 0 aliphatic heterocycles. The first-order chi connectivity index (χ1) is 18.4. The van der Waals surface area contributed by atoms with Crippen molar-refractivity contribution in [3.05, 3.63) is 70.8 Å². The molecule has 8 heteroatoms. The van der Waals surface area contributed by atoms with Crippen molar-refractivity contribution >= 4 is 29.7 Å². The number of benzene rings is 2. The molecule has 2 aromatic rings. The molecule has 2 aromatic carbocycles. The van der Waals surface area contributed by atoms with E-state index < -0.39 is 23.8 Å². The number of ether oxygens (including phenoxy) is 1. The maximum Gasteiger partial charge on any atom is 0.408 e. The lowest BCUT2D eigenvalue weighted by Gasteiger charge is -2.35. The highest BCUT2D eigenvalue weighted by molar-refractivity contribution is 7.98. The maximum absolute atomic E-state index is 14.3. The van der Waals surface area contributed by atoms with Gasteiger partial charge in [0, 0.05) is 12.6 Å². The number of alkyl carbamates (subject to hydrolysis) is 1. The highest BCUT2D eigenvalue weighted by Gasteiger charge is 2.48. The van der Waals surface area contributed by atoms with E-state index >= 15 is 0 Å². The average Bonchev–Trinajstić information content (AvgIpc) is 3.60. The first kappa shape index (κ1) is 30.5. The quantitative estimate of drug-likeness (QED) is 0.381. The molecule has 4 atom stereocenters. The first-order valence-corrected chi connectivity index (χ1v) is 15.0. The van der Waals surface area contributed by atoms with E-state index in [0.29, 0.717) is 18.7 Å². The Morgan fingerprint density at radius 2 is 1.74 bits per heavy atom. The van der Waals surface area contributed by atoms with Crippen LogP contribution in [0.15, 0.2) is 48.5 Å². The standard InChI is InChI=1S/C31H43N3O4S/c1-20-13-14-24(17-21(20)2)27(28(35)32-19-23-11-9-8-10-12-23)34(26-18-22(26)3)29(36)25(15-16-39-7)33-30(37)38-31(4,5)6/h8-14,17,22,25-27H,15-16,18-19H2,1-7H3,(H,32,35)(H,33,37). The number of hydrogen-bond donors (Lipinski definition) is 2. The topological polar surface area (TPSA) is 87.7 Å². The zero-order valence-corrected chi connectivity index (χ0v) is 25.1. The van der Waals surface area contributed by atoms with Crippen LogP contribution in [0, 0.1) is 19.8 Å². The molecule has 0 spiro atoms. The summed E-state index contributed by atoms with van der Waals surface area (Å²) >= 11 is 1.60. The minimum absolute atomic E-state index is 0.0937. The number of amides is 3. The van der Waals surface area contributed by atoms with E-state index in [1.165, 1.54) is 0 Å². The lowest BCUT2D eigenvalue weighted by atomic mass is 9.97. The summed E-state index contributed by atoms with van der Waals surface area (Å²) in [6.07, 6.45) is 2.56. The van der Waals surface area contributed by atoms with Gasteiger partial charge in [-0.1, -0.05) is 55.5 Å². The molecule has 0 saturated heterocycles. The Hall–Kier alpha value is -3.00. The van der Waals surface area contributed by atoms with Crippen molar-refractivity contribution in [2.45, 2.75) is 84.7 Å². The van der Waals surface area contributed by atoms with E-state index in [1.54, 1.807) is 37.4 Å². The Kier molecular flexibility index (Phi) is 10.5. The molecule has 7 nitrogen and oxygen atoms in total. The maximum atomic E-state index is 14.3. The lowest BCUT2D eigenvalue weighted by Crippen LogP contribution is -2.54. The van der Waals surface area contributed by atoms with E-state index in [9.17, 15) is 14.4 Å². The smallest absolute Gasteiger partial charge is 0.408 e. The van der Waals surface area contributed by atoms with Crippen LogP contribution in [-0.2, 0) is 20.9 Å². The van der Waals surface area contributed by atoms with Gasteiger partial charge in [-0.05, 0) is 87.6 Å². The summed E-state index contributed by atoms with van der Waals surface area (Å²) in [6.45, 7) is 11.8. The monoisotopic (exact) mass is 553 g/mol. The number of nitrogens with zero attached hydrogens (tertiary/aromatic N) is 1. The second kappa shape index (κ2) is 13.4. The van der Waals surface area contributed by atoms with Crippen LogP contribution in [0.2, 0.25) is 0 Å². The largest absolute Gasteiger partial charge is 0.444 e. The third-order valence-electron chi connectivity index (χ3n) is 6.96. The van der Waals surface area contributed by atoms with E-state index in [1.807, 2.05) is 68.6 Å². The fraction of sp³-hybridized carbons (Fsp3) is 0.516. The summed E-state index contributed by atoms with van der Waals surface area (Å²) in [4.78, 5) is 42.7. The summed E-state index contributed by atoms with van der Waals surface area (Å²) in [5.74, 6) is 0.430. The van der Waals surface area contributed by atoms with E-state index in [-0.39, 0.29) is 23.8 Å². The van der Waals surface area contributed by atoms with Crippen LogP contribution < -0.4 is 10.6 Å². The van der Waals surface area contributed by atoms with E-state index in [2.05, 4.69) is 17.6 Å². The predicted octanol–water partition coefficient (Wildman–Crippen LogP) is 5.54. The van der Waals surface area contributed by atoms with Crippen LogP contribution in [0.1, 0.15) is 68.8 Å². The Morgan fingerprint density at radius 3 is 2.31 bits per heavy atom. The molecule has 1 aliphatic rings. The van der Waals surface area contributed by atoms with Gasteiger partial charge in [-0.2, -0.15) is 11.8 Å². The van der Waals surface area contributed by atoms with Crippen molar-refractivity contribution < 1.29 is 19.1 Å². The summed E-state index contributed by atoms with van der Waals surface area (Å²) in [5, 5.41) is 5.88. The molecule has 1 aliphatic carbocycles. The van der Waals surface area contributed by atoms with Gasteiger partial charge in [0.15, 0.2) is 0 Å². The molecule has 1 fully saturated rings. The van der Waals surface area contributed by atoms with Crippen molar-refractivity contribution in [3.8, 4) is 0 Å². The van der Waals surface area contributed by atoms with Crippen molar-refractivity contribution in [3.63, 3.8) is 0 Å².